The topological polar surface area (TPSA) is 79.4 Å². The molecule has 3 heterocycles. The van der Waals surface area contributed by atoms with Crippen molar-refractivity contribution in [2.24, 2.45) is 5.92 Å². The van der Waals surface area contributed by atoms with Crippen molar-refractivity contribution in [3.05, 3.63) is 80.8 Å². The summed E-state index contributed by atoms with van der Waals surface area (Å²) in [6.45, 7) is 9.12. The number of rotatable bonds is 8. The fourth-order valence-corrected chi connectivity index (χ4v) is 6.82. The zero-order valence-electron chi connectivity index (χ0n) is 21.6. The van der Waals surface area contributed by atoms with Crippen LogP contribution in [0.2, 0.25) is 0 Å². The van der Waals surface area contributed by atoms with E-state index in [-0.39, 0.29) is 34.6 Å². The summed E-state index contributed by atoms with van der Waals surface area (Å²) >= 11 is 1.43. The highest BCUT2D eigenvalue weighted by Crippen LogP contribution is 2.48. The van der Waals surface area contributed by atoms with Crippen LogP contribution in [-0.4, -0.2) is 30.0 Å². The van der Waals surface area contributed by atoms with Crippen LogP contribution in [0.4, 0.5) is 13.2 Å². The van der Waals surface area contributed by atoms with Crippen molar-refractivity contribution in [3.63, 3.8) is 0 Å². The van der Waals surface area contributed by atoms with Gasteiger partial charge in [-0.2, -0.15) is 13.2 Å². The van der Waals surface area contributed by atoms with Crippen LogP contribution in [0.5, 0.6) is 0 Å². The molecular formula is C27H30F3N3O3S2. The van der Waals surface area contributed by atoms with Crippen molar-refractivity contribution in [2.45, 2.75) is 63.9 Å². The molecule has 0 bridgehead atoms. The van der Waals surface area contributed by atoms with E-state index in [2.05, 4.69) is 36.0 Å². The van der Waals surface area contributed by atoms with E-state index in [0.717, 1.165) is 28.1 Å². The molecule has 1 N–H and O–H groups in total. The second-order valence-corrected chi connectivity index (χ2v) is 13.2. The second kappa shape index (κ2) is 10.4. The predicted molar refractivity (Wildman–Crippen MR) is 140 cm³/mol. The normalized spacial score (nSPS) is 18.1. The fourth-order valence-electron chi connectivity index (χ4n) is 4.59. The van der Waals surface area contributed by atoms with E-state index in [9.17, 15) is 26.4 Å². The number of hydrogen-bond acceptors (Lipinski definition) is 6. The summed E-state index contributed by atoms with van der Waals surface area (Å²) in [6.07, 6.45) is -3.06. The lowest BCUT2D eigenvalue weighted by atomic mass is 9.86. The third-order valence-corrected chi connectivity index (χ3v) is 10.4. The number of nitrogens with one attached hydrogen (secondary N) is 1. The number of fused-ring (bicyclic) bond motifs is 1. The second-order valence-electron chi connectivity index (χ2n) is 9.89. The lowest BCUT2D eigenvalue weighted by Gasteiger charge is -2.39. The number of pyridine rings is 1. The van der Waals surface area contributed by atoms with E-state index in [4.69, 9.17) is 0 Å². The summed E-state index contributed by atoms with van der Waals surface area (Å²) in [5, 5.41) is 2.86. The van der Waals surface area contributed by atoms with Gasteiger partial charge in [0.25, 0.3) is 5.91 Å². The molecule has 6 nitrogen and oxygen atoms in total. The largest absolute Gasteiger partial charge is 0.416 e. The van der Waals surface area contributed by atoms with Gasteiger partial charge in [-0.25, -0.2) is 8.42 Å². The number of amides is 1. The average molecular weight is 566 g/mol. The standard InChI is InChI=1S/C27H30F3N3O3S2/c1-5-38(35,36)22-11-10-21(31-14-22)13-32-25(34)23-12-19-16-33(26(4,17(2)3)24(19)37-23)15-18-6-8-20(9-7-18)27(28,29)30/h6-12,14,17H,5,13,15-16H2,1-4H3,(H,32,34). The van der Waals surface area contributed by atoms with Gasteiger partial charge in [-0.15, -0.1) is 11.3 Å². The molecule has 3 aromatic rings. The van der Waals surface area contributed by atoms with E-state index in [0.29, 0.717) is 23.7 Å². The number of sulfone groups is 1. The molecule has 11 heteroatoms. The third-order valence-electron chi connectivity index (χ3n) is 7.26. The minimum Gasteiger partial charge on any atom is -0.346 e. The average Bonchev–Trinajstić information content (AvgIpc) is 3.41. The molecule has 204 valence electrons. The Balaban J connectivity index is 1.46. The molecule has 2 aromatic heterocycles. The van der Waals surface area contributed by atoms with Crippen LogP contribution in [-0.2, 0) is 41.2 Å². The van der Waals surface area contributed by atoms with Crippen molar-refractivity contribution in [1.82, 2.24) is 15.2 Å². The first-order chi connectivity index (χ1) is 17.8. The highest BCUT2D eigenvalue weighted by Gasteiger charge is 2.45. The molecule has 0 aliphatic carbocycles. The van der Waals surface area contributed by atoms with E-state index < -0.39 is 21.6 Å². The zero-order chi connectivity index (χ0) is 27.9. The minimum absolute atomic E-state index is 0.00906. The van der Waals surface area contributed by atoms with Gasteiger partial charge in [0.2, 0.25) is 0 Å². The summed E-state index contributed by atoms with van der Waals surface area (Å²) in [4.78, 5) is 21.1. The number of hydrogen-bond donors (Lipinski definition) is 1. The number of nitrogens with zero attached hydrogens (tertiary/aromatic N) is 2. The number of alkyl halides is 3. The predicted octanol–water partition coefficient (Wildman–Crippen LogP) is 5.77. The lowest BCUT2D eigenvalue weighted by Crippen LogP contribution is -2.42. The van der Waals surface area contributed by atoms with Crippen LogP contribution >= 0.6 is 11.3 Å². The Kier molecular flexibility index (Phi) is 7.75. The molecule has 0 fully saturated rings. The van der Waals surface area contributed by atoms with E-state index in [1.807, 2.05) is 6.07 Å². The molecule has 4 rings (SSSR count). The Morgan fingerprint density at radius 3 is 2.42 bits per heavy atom. The van der Waals surface area contributed by atoms with Gasteiger partial charge in [0.15, 0.2) is 9.84 Å². The van der Waals surface area contributed by atoms with Gasteiger partial charge in [0.05, 0.1) is 38.9 Å². The highest BCUT2D eigenvalue weighted by molar-refractivity contribution is 7.91. The molecule has 1 aromatic carbocycles. The van der Waals surface area contributed by atoms with Gasteiger partial charge in [-0.05, 0) is 54.3 Å². The molecule has 1 amide bonds. The third kappa shape index (κ3) is 5.50. The van der Waals surface area contributed by atoms with Crippen LogP contribution in [0, 0.1) is 5.92 Å². The summed E-state index contributed by atoms with van der Waals surface area (Å²) in [7, 11) is -3.34. The number of thiophene rings is 1. The minimum atomic E-state index is -4.37. The van der Waals surface area contributed by atoms with Crippen LogP contribution < -0.4 is 5.32 Å². The fraction of sp³-hybridized carbons (Fsp3) is 0.407. The van der Waals surface area contributed by atoms with Gasteiger partial charge >= 0.3 is 6.18 Å². The van der Waals surface area contributed by atoms with Crippen molar-refractivity contribution in [1.29, 1.82) is 0 Å². The number of aromatic nitrogens is 1. The van der Waals surface area contributed by atoms with Crippen LogP contribution in [0.3, 0.4) is 0 Å². The molecule has 1 atom stereocenters. The van der Waals surface area contributed by atoms with E-state index in [1.165, 1.54) is 35.7 Å². The van der Waals surface area contributed by atoms with Crippen LogP contribution in [0.1, 0.15) is 64.6 Å². The first-order valence-electron chi connectivity index (χ1n) is 12.3. The molecule has 38 heavy (non-hydrogen) atoms. The van der Waals surface area contributed by atoms with Gasteiger partial charge in [-0.3, -0.25) is 14.7 Å². The Bertz CT molecular complexity index is 1420. The summed E-state index contributed by atoms with van der Waals surface area (Å²) in [6, 6.07) is 10.2. The van der Waals surface area contributed by atoms with Gasteiger partial charge < -0.3 is 5.32 Å². The maximum absolute atomic E-state index is 13.0. The van der Waals surface area contributed by atoms with Crippen LogP contribution in [0.25, 0.3) is 0 Å². The molecule has 0 spiro atoms. The van der Waals surface area contributed by atoms with Crippen molar-refractivity contribution in [3.8, 4) is 0 Å². The smallest absolute Gasteiger partial charge is 0.346 e. The summed E-state index contributed by atoms with van der Waals surface area (Å²) < 4.78 is 62.8. The molecular weight excluding hydrogens is 535 g/mol. The maximum Gasteiger partial charge on any atom is 0.416 e. The van der Waals surface area contributed by atoms with Crippen molar-refractivity contribution < 1.29 is 26.4 Å². The number of carbonyl (C=O) groups excluding carboxylic acids is 1. The molecule has 1 aliphatic heterocycles. The highest BCUT2D eigenvalue weighted by atomic mass is 32.2. The van der Waals surface area contributed by atoms with Gasteiger partial charge in [-0.1, -0.05) is 32.9 Å². The first-order valence-corrected chi connectivity index (χ1v) is 14.7. The quantitative estimate of drug-likeness (QED) is 0.375. The number of benzene rings is 1. The Morgan fingerprint density at radius 2 is 1.87 bits per heavy atom. The van der Waals surface area contributed by atoms with Crippen molar-refractivity contribution >= 4 is 27.1 Å². The van der Waals surface area contributed by atoms with Crippen LogP contribution in [0.15, 0.2) is 53.6 Å². The molecule has 1 aliphatic rings. The molecule has 0 radical (unpaired) electrons. The van der Waals surface area contributed by atoms with Gasteiger partial charge in [0, 0.05) is 24.2 Å². The van der Waals surface area contributed by atoms with E-state index >= 15 is 0 Å². The SMILES string of the molecule is CCS(=O)(=O)c1ccc(CNC(=O)c2cc3c(s2)C(C)(C(C)C)N(Cc2ccc(C(F)(F)F)cc2)C3)nc1. The molecule has 0 saturated carbocycles. The number of halogens is 3. The Morgan fingerprint density at radius 1 is 1.18 bits per heavy atom. The number of carbonyl (C=O) groups is 1. The van der Waals surface area contributed by atoms with E-state index in [1.54, 1.807) is 13.0 Å². The lowest BCUT2D eigenvalue weighted by molar-refractivity contribution is -0.137. The van der Waals surface area contributed by atoms with Crippen molar-refractivity contribution in [2.75, 3.05) is 5.75 Å². The Labute approximate surface area is 224 Å². The van der Waals surface area contributed by atoms with Gasteiger partial charge in [0.1, 0.15) is 0 Å². The molecule has 1 unspecified atom stereocenters. The maximum atomic E-state index is 13.0. The summed E-state index contributed by atoms with van der Waals surface area (Å²) in [5.74, 6) is -0.0584. The zero-order valence-corrected chi connectivity index (χ0v) is 23.2. The summed E-state index contributed by atoms with van der Waals surface area (Å²) in [5.41, 5.74) is 1.33. The first kappa shape index (κ1) is 28.3. The monoisotopic (exact) mass is 565 g/mol. The molecule has 0 saturated heterocycles. The Hall–Kier alpha value is -2.76.